The lowest BCUT2D eigenvalue weighted by atomic mass is 10.1. The summed E-state index contributed by atoms with van der Waals surface area (Å²) in [5.41, 5.74) is 0.993. The molecule has 3 aromatic rings. The summed E-state index contributed by atoms with van der Waals surface area (Å²) in [4.78, 5) is 25.9. The van der Waals surface area contributed by atoms with Crippen LogP contribution in [0, 0.1) is 6.92 Å². The number of carbonyl (C=O) groups excluding carboxylic acids is 2. The van der Waals surface area contributed by atoms with Crippen molar-refractivity contribution in [3.8, 4) is 0 Å². The van der Waals surface area contributed by atoms with E-state index in [0.717, 1.165) is 4.31 Å². The first kappa shape index (κ1) is 26.2. The molecule has 0 unspecified atom stereocenters. The molecule has 2 N–H and O–H groups in total. The number of nitrogens with one attached hydrogen (secondary N) is 2. The molecule has 0 bridgehead atoms. The standard InChI is InChI=1S/C26H28ClN3O4S/c1-18-14-15-19(27)16-23(18)30(35(33,34)20-10-6-5-7-11-20)17-24(31)28-22-13-9-8-12-21(22)25(32)29-26(2,3)4/h5-16H,17H2,1-4H3,(H,28,31)(H,29,32). The predicted octanol–water partition coefficient (Wildman–Crippen LogP) is 5.01. The van der Waals surface area contributed by atoms with Crippen LogP contribution in [-0.2, 0) is 14.8 Å². The Labute approximate surface area is 211 Å². The highest BCUT2D eigenvalue weighted by atomic mass is 35.5. The van der Waals surface area contributed by atoms with Crippen molar-refractivity contribution >= 4 is 44.8 Å². The summed E-state index contributed by atoms with van der Waals surface area (Å²) in [6.45, 7) is 6.78. The largest absolute Gasteiger partial charge is 0.347 e. The van der Waals surface area contributed by atoms with E-state index >= 15 is 0 Å². The minimum Gasteiger partial charge on any atom is -0.347 e. The Balaban J connectivity index is 1.96. The number of halogens is 1. The van der Waals surface area contributed by atoms with Gasteiger partial charge in [0.25, 0.3) is 15.9 Å². The van der Waals surface area contributed by atoms with Crippen LogP contribution in [0.5, 0.6) is 0 Å². The van der Waals surface area contributed by atoms with Crippen molar-refractivity contribution in [3.05, 3.63) is 88.9 Å². The Kier molecular flexibility index (Phi) is 7.87. The van der Waals surface area contributed by atoms with Gasteiger partial charge in [-0.15, -0.1) is 0 Å². The van der Waals surface area contributed by atoms with E-state index in [-0.39, 0.29) is 27.7 Å². The average Bonchev–Trinajstić information content (AvgIpc) is 2.79. The topological polar surface area (TPSA) is 95.6 Å². The van der Waals surface area contributed by atoms with Gasteiger partial charge in [-0.25, -0.2) is 8.42 Å². The Bertz CT molecular complexity index is 1340. The molecule has 0 fully saturated rings. The summed E-state index contributed by atoms with van der Waals surface area (Å²) in [6.07, 6.45) is 0. The van der Waals surface area contributed by atoms with Crippen LogP contribution in [-0.4, -0.2) is 32.3 Å². The molecule has 0 saturated heterocycles. The van der Waals surface area contributed by atoms with Crippen LogP contribution in [0.2, 0.25) is 5.02 Å². The molecule has 0 saturated carbocycles. The van der Waals surface area contributed by atoms with Gasteiger partial charge in [-0.05, 0) is 69.7 Å². The lowest BCUT2D eigenvalue weighted by molar-refractivity contribution is -0.114. The Morgan fingerprint density at radius 3 is 2.23 bits per heavy atom. The molecule has 3 rings (SSSR count). The number of rotatable bonds is 7. The van der Waals surface area contributed by atoms with Crippen molar-refractivity contribution in [1.82, 2.24) is 5.32 Å². The number of hydrogen-bond acceptors (Lipinski definition) is 4. The first-order valence-electron chi connectivity index (χ1n) is 10.9. The molecule has 0 radical (unpaired) electrons. The fraction of sp³-hybridized carbons (Fsp3) is 0.231. The van der Waals surface area contributed by atoms with Gasteiger partial charge in [-0.3, -0.25) is 13.9 Å². The van der Waals surface area contributed by atoms with Crippen molar-refractivity contribution in [1.29, 1.82) is 0 Å². The van der Waals surface area contributed by atoms with Gasteiger partial charge in [0.1, 0.15) is 6.54 Å². The van der Waals surface area contributed by atoms with Crippen LogP contribution >= 0.6 is 11.6 Å². The number of sulfonamides is 1. The highest BCUT2D eigenvalue weighted by Crippen LogP contribution is 2.29. The van der Waals surface area contributed by atoms with E-state index in [1.54, 1.807) is 61.5 Å². The third-order valence-electron chi connectivity index (χ3n) is 4.99. The van der Waals surface area contributed by atoms with E-state index in [1.165, 1.54) is 18.2 Å². The number of anilines is 2. The molecule has 9 heteroatoms. The lowest BCUT2D eigenvalue weighted by Gasteiger charge is -2.26. The van der Waals surface area contributed by atoms with Crippen LogP contribution in [0.1, 0.15) is 36.7 Å². The molecule has 35 heavy (non-hydrogen) atoms. The van der Waals surface area contributed by atoms with Crippen LogP contribution in [0.25, 0.3) is 0 Å². The van der Waals surface area contributed by atoms with Crippen LogP contribution in [0.15, 0.2) is 77.7 Å². The second-order valence-electron chi connectivity index (χ2n) is 9.05. The van der Waals surface area contributed by atoms with Gasteiger partial charge in [-0.2, -0.15) is 0 Å². The smallest absolute Gasteiger partial charge is 0.264 e. The first-order chi connectivity index (χ1) is 16.4. The summed E-state index contributed by atoms with van der Waals surface area (Å²) in [5, 5.41) is 5.90. The van der Waals surface area contributed by atoms with Gasteiger partial charge in [-0.1, -0.05) is 48.0 Å². The van der Waals surface area contributed by atoms with Crippen molar-refractivity contribution < 1.29 is 18.0 Å². The van der Waals surface area contributed by atoms with Crippen molar-refractivity contribution in [3.63, 3.8) is 0 Å². The third kappa shape index (κ3) is 6.61. The van der Waals surface area contributed by atoms with Gasteiger partial charge < -0.3 is 10.6 Å². The monoisotopic (exact) mass is 513 g/mol. The summed E-state index contributed by atoms with van der Waals surface area (Å²) in [7, 11) is -4.10. The Hall–Kier alpha value is -3.36. The molecular formula is C26H28ClN3O4S. The zero-order valence-corrected chi connectivity index (χ0v) is 21.6. The number of para-hydroxylation sites is 1. The van der Waals surface area contributed by atoms with Crippen LogP contribution in [0.3, 0.4) is 0 Å². The average molecular weight is 514 g/mol. The SMILES string of the molecule is Cc1ccc(Cl)cc1N(CC(=O)Nc1ccccc1C(=O)NC(C)(C)C)S(=O)(=O)c1ccccc1. The molecule has 0 aliphatic carbocycles. The van der Waals surface area contributed by atoms with Crippen LogP contribution in [0.4, 0.5) is 11.4 Å². The molecule has 0 atom stereocenters. The fourth-order valence-electron chi connectivity index (χ4n) is 3.39. The molecule has 0 aliphatic rings. The molecule has 7 nitrogen and oxygen atoms in total. The third-order valence-corrected chi connectivity index (χ3v) is 7.00. The minimum atomic E-state index is -4.10. The van der Waals surface area contributed by atoms with Gasteiger partial charge in [0.15, 0.2) is 0 Å². The molecule has 0 spiro atoms. The lowest BCUT2D eigenvalue weighted by Crippen LogP contribution is -2.41. The second-order valence-corrected chi connectivity index (χ2v) is 11.4. The Morgan fingerprint density at radius 1 is 0.943 bits per heavy atom. The maximum absolute atomic E-state index is 13.6. The summed E-state index contributed by atoms with van der Waals surface area (Å²) < 4.78 is 28.1. The van der Waals surface area contributed by atoms with E-state index < -0.39 is 28.0 Å². The molecule has 2 amide bonds. The normalized spacial score (nSPS) is 11.6. The zero-order valence-electron chi connectivity index (χ0n) is 20.0. The molecule has 0 heterocycles. The van der Waals surface area contributed by atoms with E-state index in [0.29, 0.717) is 10.6 Å². The highest BCUT2D eigenvalue weighted by Gasteiger charge is 2.29. The molecule has 0 aromatic heterocycles. The Morgan fingerprint density at radius 2 is 1.57 bits per heavy atom. The molecule has 184 valence electrons. The van der Waals surface area contributed by atoms with E-state index in [4.69, 9.17) is 11.6 Å². The molecule has 0 aliphatic heterocycles. The number of nitrogens with zero attached hydrogens (tertiary/aromatic N) is 1. The summed E-state index contributed by atoms with van der Waals surface area (Å²) >= 11 is 6.17. The molecular weight excluding hydrogens is 486 g/mol. The number of benzene rings is 3. The van der Waals surface area contributed by atoms with Crippen molar-refractivity contribution in [2.45, 2.75) is 38.1 Å². The summed E-state index contributed by atoms with van der Waals surface area (Å²) in [6, 6.07) is 19.3. The van der Waals surface area contributed by atoms with Crippen molar-refractivity contribution in [2.24, 2.45) is 0 Å². The minimum absolute atomic E-state index is 0.0390. The molecule has 3 aromatic carbocycles. The van der Waals surface area contributed by atoms with E-state index in [2.05, 4.69) is 10.6 Å². The predicted molar refractivity (Wildman–Crippen MR) is 139 cm³/mol. The number of amides is 2. The fourth-order valence-corrected chi connectivity index (χ4v) is 5.05. The zero-order chi connectivity index (χ0) is 25.8. The number of hydrogen-bond donors (Lipinski definition) is 2. The first-order valence-corrected chi connectivity index (χ1v) is 12.8. The quantitative estimate of drug-likeness (QED) is 0.464. The van der Waals surface area contributed by atoms with Gasteiger partial charge in [0, 0.05) is 10.6 Å². The van der Waals surface area contributed by atoms with Crippen LogP contribution < -0.4 is 14.9 Å². The van der Waals surface area contributed by atoms with Gasteiger partial charge in [0.05, 0.1) is 21.8 Å². The summed E-state index contributed by atoms with van der Waals surface area (Å²) in [5.74, 6) is -0.965. The number of aryl methyl sites for hydroxylation is 1. The number of carbonyl (C=O) groups is 2. The van der Waals surface area contributed by atoms with E-state index in [9.17, 15) is 18.0 Å². The maximum Gasteiger partial charge on any atom is 0.264 e. The van der Waals surface area contributed by atoms with Gasteiger partial charge >= 0.3 is 0 Å². The van der Waals surface area contributed by atoms with E-state index in [1.807, 2.05) is 20.8 Å². The van der Waals surface area contributed by atoms with Crippen molar-refractivity contribution in [2.75, 3.05) is 16.2 Å². The highest BCUT2D eigenvalue weighted by molar-refractivity contribution is 7.92. The van der Waals surface area contributed by atoms with Gasteiger partial charge in [0.2, 0.25) is 5.91 Å². The maximum atomic E-state index is 13.6. The second kappa shape index (κ2) is 10.5.